The number of methoxy groups -OCH3 is 1. The molecule has 1 aliphatic carbocycles. The summed E-state index contributed by atoms with van der Waals surface area (Å²) in [5.74, 6) is -0.713. The molecule has 1 aromatic heterocycles. The average molecular weight is 288 g/mol. The number of amides is 1. The van der Waals surface area contributed by atoms with Gasteiger partial charge in [0.15, 0.2) is 0 Å². The molecule has 0 spiro atoms. The topological polar surface area (TPSA) is 55.4 Å². The van der Waals surface area contributed by atoms with Crippen molar-refractivity contribution in [2.45, 2.75) is 24.6 Å². The van der Waals surface area contributed by atoms with E-state index in [0.717, 1.165) is 12.8 Å². The van der Waals surface area contributed by atoms with Gasteiger partial charge < -0.3 is 10.1 Å². The molecule has 0 bridgehead atoms. The molecular formula is C12H14ClNO3S. The Morgan fingerprint density at radius 3 is 3.00 bits per heavy atom. The highest BCUT2D eigenvalue weighted by atomic mass is 35.5. The third-order valence-corrected chi connectivity index (χ3v) is 4.44. The number of esters is 1. The molecule has 98 valence electrons. The van der Waals surface area contributed by atoms with E-state index in [1.165, 1.54) is 35.3 Å². The monoisotopic (exact) mass is 287 g/mol. The number of ether oxygens (including phenoxy) is 1. The van der Waals surface area contributed by atoms with Gasteiger partial charge in [0.25, 0.3) is 5.91 Å². The number of halogens is 1. The highest BCUT2D eigenvalue weighted by molar-refractivity contribution is 7.14. The van der Waals surface area contributed by atoms with Crippen molar-refractivity contribution in [1.82, 2.24) is 5.32 Å². The third-order valence-electron chi connectivity index (χ3n) is 2.87. The predicted molar refractivity (Wildman–Crippen MR) is 70.3 cm³/mol. The Hall–Kier alpha value is -1.07. The van der Waals surface area contributed by atoms with Crippen LogP contribution in [0.4, 0.5) is 0 Å². The van der Waals surface area contributed by atoms with Crippen molar-refractivity contribution in [2.75, 3.05) is 13.7 Å². The van der Waals surface area contributed by atoms with Crippen molar-refractivity contribution in [2.24, 2.45) is 0 Å². The Bertz CT molecular complexity index is 450. The molecule has 6 heteroatoms. The zero-order valence-corrected chi connectivity index (χ0v) is 11.6. The summed E-state index contributed by atoms with van der Waals surface area (Å²) in [4.78, 5) is 24.9. The summed E-state index contributed by atoms with van der Waals surface area (Å²) in [7, 11) is 1.27. The van der Waals surface area contributed by atoms with Gasteiger partial charge in [0.1, 0.15) is 5.38 Å². The molecular weight excluding hydrogens is 274 g/mol. The van der Waals surface area contributed by atoms with Gasteiger partial charge >= 0.3 is 5.97 Å². The van der Waals surface area contributed by atoms with Gasteiger partial charge in [-0.15, -0.1) is 22.9 Å². The molecule has 0 aliphatic heterocycles. The van der Waals surface area contributed by atoms with E-state index in [4.69, 9.17) is 11.6 Å². The quantitative estimate of drug-likeness (QED) is 0.678. The number of fused-ring (bicyclic) bond motifs is 1. The second kappa shape index (κ2) is 5.71. The first-order valence-electron chi connectivity index (χ1n) is 5.73. The van der Waals surface area contributed by atoms with E-state index in [1.807, 2.05) is 6.07 Å². The van der Waals surface area contributed by atoms with Crippen LogP contribution in [0.3, 0.4) is 0 Å². The Morgan fingerprint density at radius 1 is 1.56 bits per heavy atom. The van der Waals surface area contributed by atoms with Gasteiger partial charge in [0.05, 0.1) is 12.0 Å². The van der Waals surface area contributed by atoms with E-state index in [0.29, 0.717) is 4.88 Å². The maximum atomic E-state index is 11.9. The van der Waals surface area contributed by atoms with Gasteiger partial charge in [-0.25, -0.2) is 0 Å². The van der Waals surface area contributed by atoms with Gasteiger partial charge in [0, 0.05) is 11.4 Å². The van der Waals surface area contributed by atoms with E-state index >= 15 is 0 Å². The Morgan fingerprint density at radius 2 is 2.33 bits per heavy atom. The van der Waals surface area contributed by atoms with E-state index in [1.54, 1.807) is 0 Å². The average Bonchev–Trinajstić information content (AvgIpc) is 2.94. The predicted octanol–water partition coefficient (Wildman–Crippen LogP) is 1.75. The van der Waals surface area contributed by atoms with Crippen molar-refractivity contribution in [3.05, 3.63) is 21.4 Å². The van der Waals surface area contributed by atoms with E-state index < -0.39 is 11.3 Å². The van der Waals surface area contributed by atoms with Crippen LogP contribution >= 0.6 is 22.9 Å². The molecule has 0 saturated carbocycles. The van der Waals surface area contributed by atoms with Crippen LogP contribution in [0.2, 0.25) is 0 Å². The first kappa shape index (κ1) is 13.4. The SMILES string of the molecule is COC(=O)C(Cl)CNC(=O)c1cc2c(s1)CCC2. The Balaban J connectivity index is 1.90. The second-order valence-corrected chi connectivity index (χ2v) is 5.78. The smallest absolute Gasteiger partial charge is 0.325 e. The summed E-state index contributed by atoms with van der Waals surface area (Å²) < 4.78 is 4.48. The molecule has 0 saturated heterocycles. The van der Waals surface area contributed by atoms with Crippen molar-refractivity contribution in [3.8, 4) is 0 Å². The van der Waals surface area contributed by atoms with Gasteiger partial charge in [-0.1, -0.05) is 0 Å². The van der Waals surface area contributed by atoms with Crippen LogP contribution in [0, 0.1) is 0 Å². The van der Waals surface area contributed by atoms with Gasteiger partial charge in [-0.05, 0) is 30.9 Å². The summed E-state index contributed by atoms with van der Waals surface area (Å²) in [5, 5.41) is 1.80. The minimum Gasteiger partial charge on any atom is -0.468 e. The summed E-state index contributed by atoms with van der Waals surface area (Å²) in [6.07, 6.45) is 3.29. The fraction of sp³-hybridized carbons (Fsp3) is 0.500. The van der Waals surface area contributed by atoms with Crippen LogP contribution in [-0.2, 0) is 22.4 Å². The minimum absolute atomic E-state index is 0.0790. The fourth-order valence-electron chi connectivity index (χ4n) is 1.92. The summed E-state index contributed by atoms with van der Waals surface area (Å²) in [6, 6.07) is 1.93. The molecule has 1 aromatic rings. The maximum Gasteiger partial charge on any atom is 0.325 e. The molecule has 1 N–H and O–H groups in total. The molecule has 4 nitrogen and oxygen atoms in total. The largest absolute Gasteiger partial charge is 0.468 e. The number of aryl methyl sites for hydroxylation is 2. The number of hydrogen-bond donors (Lipinski definition) is 1. The number of rotatable bonds is 4. The second-order valence-electron chi connectivity index (χ2n) is 4.11. The standard InChI is InChI=1S/C12H14ClNO3S/c1-17-12(16)8(13)6-14-11(15)10-5-7-3-2-4-9(7)18-10/h5,8H,2-4,6H2,1H3,(H,14,15). The number of nitrogens with one attached hydrogen (secondary N) is 1. The van der Waals surface area contributed by atoms with E-state index in [-0.39, 0.29) is 12.5 Å². The summed E-state index contributed by atoms with van der Waals surface area (Å²) in [5.41, 5.74) is 1.28. The first-order valence-corrected chi connectivity index (χ1v) is 6.98. The van der Waals surface area contributed by atoms with Crippen molar-refractivity contribution in [1.29, 1.82) is 0 Å². The van der Waals surface area contributed by atoms with Gasteiger partial charge in [-0.3, -0.25) is 9.59 Å². The van der Waals surface area contributed by atoms with Crippen LogP contribution in [0.5, 0.6) is 0 Å². The summed E-state index contributed by atoms with van der Waals surface area (Å²) >= 11 is 7.28. The molecule has 2 rings (SSSR count). The van der Waals surface area contributed by atoms with Crippen molar-refractivity contribution < 1.29 is 14.3 Å². The number of hydrogen-bond acceptors (Lipinski definition) is 4. The van der Waals surface area contributed by atoms with Crippen LogP contribution in [0.25, 0.3) is 0 Å². The lowest BCUT2D eigenvalue weighted by atomic mass is 10.2. The Kier molecular flexibility index (Phi) is 4.24. The number of alkyl halides is 1. The molecule has 0 radical (unpaired) electrons. The molecule has 1 aliphatic rings. The molecule has 18 heavy (non-hydrogen) atoms. The molecule has 1 atom stereocenters. The van der Waals surface area contributed by atoms with E-state index in [9.17, 15) is 9.59 Å². The summed E-state index contributed by atoms with van der Waals surface area (Å²) in [6.45, 7) is 0.0790. The normalized spacial score (nSPS) is 15.0. The number of thiophene rings is 1. The van der Waals surface area contributed by atoms with Crippen LogP contribution < -0.4 is 5.32 Å². The zero-order chi connectivity index (χ0) is 13.1. The van der Waals surface area contributed by atoms with Crippen molar-refractivity contribution in [3.63, 3.8) is 0 Å². The number of carbonyl (C=O) groups is 2. The highest BCUT2D eigenvalue weighted by Crippen LogP contribution is 2.30. The molecule has 0 aromatic carbocycles. The lowest BCUT2D eigenvalue weighted by molar-refractivity contribution is -0.140. The van der Waals surface area contributed by atoms with Crippen LogP contribution in [0.1, 0.15) is 26.5 Å². The zero-order valence-electron chi connectivity index (χ0n) is 9.99. The highest BCUT2D eigenvalue weighted by Gasteiger charge is 2.20. The number of carbonyl (C=O) groups excluding carboxylic acids is 2. The maximum absolute atomic E-state index is 11.9. The minimum atomic E-state index is -0.842. The Labute approximate surface area is 114 Å². The third kappa shape index (κ3) is 2.84. The molecule has 1 heterocycles. The van der Waals surface area contributed by atoms with E-state index in [2.05, 4.69) is 10.1 Å². The van der Waals surface area contributed by atoms with Crippen molar-refractivity contribution >= 4 is 34.8 Å². The van der Waals surface area contributed by atoms with Gasteiger partial charge in [-0.2, -0.15) is 0 Å². The molecule has 1 unspecified atom stereocenters. The lowest BCUT2D eigenvalue weighted by Crippen LogP contribution is -2.33. The molecule has 1 amide bonds. The van der Waals surface area contributed by atoms with Crippen LogP contribution in [0.15, 0.2) is 6.07 Å². The lowest BCUT2D eigenvalue weighted by Gasteiger charge is -2.07. The molecule has 0 fully saturated rings. The first-order chi connectivity index (χ1) is 8.61. The van der Waals surface area contributed by atoms with Crippen LogP contribution in [-0.4, -0.2) is 30.9 Å². The fourth-order valence-corrected chi connectivity index (χ4v) is 3.26. The van der Waals surface area contributed by atoms with Gasteiger partial charge in [0.2, 0.25) is 0 Å².